The first kappa shape index (κ1) is 16.4. The minimum Gasteiger partial charge on any atom is -0.492 e. The van der Waals surface area contributed by atoms with Gasteiger partial charge in [0.05, 0.1) is 28.7 Å². The molecular weight excluding hydrogens is 332 g/mol. The highest BCUT2D eigenvalue weighted by molar-refractivity contribution is 9.10. The van der Waals surface area contributed by atoms with Crippen LogP contribution in [0.1, 0.15) is 13.3 Å². The Bertz CT molecular complexity index is 495. The second-order valence-electron chi connectivity index (χ2n) is 3.87. The van der Waals surface area contributed by atoms with E-state index in [-0.39, 0.29) is 25.3 Å². The summed E-state index contributed by atoms with van der Waals surface area (Å²) < 4.78 is 10.7. The molecule has 0 saturated carbocycles. The summed E-state index contributed by atoms with van der Waals surface area (Å²) in [5, 5.41) is 10.7. The predicted molar refractivity (Wildman–Crippen MR) is 75.5 cm³/mol. The Morgan fingerprint density at radius 2 is 2.25 bits per heavy atom. The monoisotopic (exact) mass is 346 g/mol. The molecule has 0 aliphatic carbocycles. The van der Waals surface area contributed by atoms with Crippen molar-refractivity contribution in [2.75, 3.05) is 13.2 Å². The van der Waals surface area contributed by atoms with E-state index in [4.69, 9.17) is 15.2 Å². The summed E-state index contributed by atoms with van der Waals surface area (Å²) in [6.07, 6.45) is 0.258. The molecule has 110 valence electrons. The zero-order valence-corrected chi connectivity index (χ0v) is 12.5. The van der Waals surface area contributed by atoms with Gasteiger partial charge in [0.25, 0.3) is 5.69 Å². The number of carbonyl (C=O) groups is 1. The lowest BCUT2D eigenvalue weighted by molar-refractivity contribution is -0.385. The second-order valence-corrected chi connectivity index (χ2v) is 4.72. The summed E-state index contributed by atoms with van der Waals surface area (Å²) in [6.45, 7) is 2.12. The van der Waals surface area contributed by atoms with Gasteiger partial charge in [-0.15, -0.1) is 0 Å². The third-order valence-corrected chi connectivity index (χ3v) is 3.06. The van der Waals surface area contributed by atoms with Gasteiger partial charge < -0.3 is 15.2 Å². The first-order valence-electron chi connectivity index (χ1n) is 5.94. The highest BCUT2D eigenvalue weighted by Gasteiger charge is 2.15. The molecule has 7 nitrogen and oxygen atoms in total. The maximum atomic E-state index is 11.3. The number of carbonyl (C=O) groups excluding carboxylic acids is 1. The van der Waals surface area contributed by atoms with Gasteiger partial charge in [-0.25, -0.2) is 0 Å². The third-order valence-electron chi connectivity index (χ3n) is 2.40. The molecule has 2 N–H and O–H groups in total. The molecule has 0 aliphatic heterocycles. The summed E-state index contributed by atoms with van der Waals surface area (Å²) in [4.78, 5) is 21.4. The van der Waals surface area contributed by atoms with Gasteiger partial charge in [-0.3, -0.25) is 14.9 Å². The Morgan fingerprint density at radius 3 is 2.85 bits per heavy atom. The number of rotatable bonds is 7. The van der Waals surface area contributed by atoms with E-state index < -0.39 is 16.9 Å². The highest BCUT2D eigenvalue weighted by atomic mass is 79.9. The Labute approximate surface area is 124 Å². The number of nitrogens with two attached hydrogens (primary N) is 1. The van der Waals surface area contributed by atoms with Gasteiger partial charge in [0, 0.05) is 12.5 Å². The molecule has 0 spiro atoms. The van der Waals surface area contributed by atoms with E-state index in [0.29, 0.717) is 10.2 Å². The van der Waals surface area contributed by atoms with E-state index >= 15 is 0 Å². The largest absolute Gasteiger partial charge is 0.492 e. The highest BCUT2D eigenvalue weighted by Crippen LogP contribution is 2.29. The van der Waals surface area contributed by atoms with Crippen molar-refractivity contribution in [3.63, 3.8) is 0 Å². The molecule has 0 aromatic heterocycles. The molecule has 1 atom stereocenters. The lowest BCUT2D eigenvalue weighted by Crippen LogP contribution is -2.33. The molecule has 0 heterocycles. The Kier molecular flexibility index (Phi) is 6.40. The number of ether oxygens (including phenoxy) is 2. The van der Waals surface area contributed by atoms with Crippen LogP contribution in [-0.4, -0.2) is 30.1 Å². The van der Waals surface area contributed by atoms with Gasteiger partial charge in [0.1, 0.15) is 11.8 Å². The van der Waals surface area contributed by atoms with Gasteiger partial charge in [0.2, 0.25) is 0 Å². The Balaban J connectivity index is 2.55. The molecule has 8 heteroatoms. The van der Waals surface area contributed by atoms with E-state index in [9.17, 15) is 14.9 Å². The van der Waals surface area contributed by atoms with E-state index in [2.05, 4.69) is 15.9 Å². The molecule has 0 aliphatic rings. The zero-order valence-electron chi connectivity index (χ0n) is 10.9. The third kappa shape index (κ3) is 4.78. The fourth-order valence-electron chi connectivity index (χ4n) is 1.38. The smallest absolute Gasteiger partial charge is 0.323 e. The van der Waals surface area contributed by atoms with Crippen LogP contribution in [0.5, 0.6) is 5.75 Å². The van der Waals surface area contributed by atoms with Gasteiger partial charge >= 0.3 is 5.97 Å². The van der Waals surface area contributed by atoms with Crippen LogP contribution in [-0.2, 0) is 9.53 Å². The van der Waals surface area contributed by atoms with Crippen molar-refractivity contribution in [3.8, 4) is 5.75 Å². The maximum absolute atomic E-state index is 11.3. The summed E-state index contributed by atoms with van der Waals surface area (Å²) >= 11 is 3.23. The van der Waals surface area contributed by atoms with Crippen LogP contribution in [0, 0.1) is 10.1 Å². The number of nitro groups is 1. The molecule has 0 fully saturated rings. The van der Waals surface area contributed by atoms with Crippen LogP contribution in [0.4, 0.5) is 5.69 Å². The lowest BCUT2D eigenvalue weighted by atomic mass is 10.2. The first-order chi connectivity index (χ1) is 9.45. The van der Waals surface area contributed by atoms with Gasteiger partial charge in [-0.1, -0.05) is 0 Å². The number of nitro benzene ring substituents is 1. The number of non-ortho nitro benzene ring substituents is 1. The summed E-state index contributed by atoms with van der Waals surface area (Å²) in [5.74, 6) is -0.163. The molecule has 1 aromatic carbocycles. The average molecular weight is 347 g/mol. The van der Waals surface area contributed by atoms with Crippen molar-refractivity contribution >= 4 is 27.6 Å². The van der Waals surface area contributed by atoms with E-state index in [1.807, 2.05) is 0 Å². The fraction of sp³-hybridized carbons (Fsp3) is 0.417. The van der Waals surface area contributed by atoms with Crippen LogP contribution >= 0.6 is 15.9 Å². The van der Waals surface area contributed by atoms with Crippen LogP contribution in [0.2, 0.25) is 0 Å². The van der Waals surface area contributed by atoms with Crippen LogP contribution < -0.4 is 10.5 Å². The quantitative estimate of drug-likeness (QED) is 0.460. The van der Waals surface area contributed by atoms with Crippen molar-refractivity contribution in [1.82, 2.24) is 0 Å². The van der Waals surface area contributed by atoms with Crippen molar-refractivity contribution in [2.24, 2.45) is 5.73 Å². The normalized spacial score (nSPS) is 11.8. The molecule has 1 rings (SSSR count). The van der Waals surface area contributed by atoms with Crippen molar-refractivity contribution in [3.05, 3.63) is 32.8 Å². The van der Waals surface area contributed by atoms with Crippen molar-refractivity contribution in [1.29, 1.82) is 0 Å². The van der Waals surface area contributed by atoms with E-state index in [1.54, 1.807) is 6.92 Å². The predicted octanol–water partition coefficient (Wildman–Crippen LogP) is 2.02. The number of halogens is 1. The number of hydrogen-bond donors (Lipinski definition) is 1. The van der Waals surface area contributed by atoms with Crippen LogP contribution in [0.3, 0.4) is 0 Å². The first-order valence-corrected chi connectivity index (χ1v) is 6.74. The van der Waals surface area contributed by atoms with Gasteiger partial charge in [-0.05, 0) is 28.9 Å². The maximum Gasteiger partial charge on any atom is 0.323 e. The van der Waals surface area contributed by atoms with E-state index in [1.165, 1.54) is 18.2 Å². The molecule has 0 amide bonds. The Morgan fingerprint density at radius 1 is 1.55 bits per heavy atom. The molecule has 0 saturated heterocycles. The molecule has 1 unspecified atom stereocenters. The molecule has 20 heavy (non-hydrogen) atoms. The topological polar surface area (TPSA) is 105 Å². The van der Waals surface area contributed by atoms with E-state index in [0.717, 1.165) is 0 Å². The lowest BCUT2D eigenvalue weighted by Gasteiger charge is -2.12. The number of nitrogens with zero attached hydrogens (tertiary/aromatic N) is 1. The fourth-order valence-corrected chi connectivity index (χ4v) is 1.74. The number of benzene rings is 1. The minimum atomic E-state index is -0.771. The second kappa shape index (κ2) is 7.81. The minimum absolute atomic E-state index is 0.0714. The van der Waals surface area contributed by atoms with Gasteiger partial charge in [0.15, 0.2) is 0 Å². The SMILES string of the molecule is CCOC(=O)C(N)CCOc1cc([N+](=O)[O-])ccc1Br. The molecule has 0 radical (unpaired) electrons. The van der Waals surface area contributed by atoms with Crippen LogP contribution in [0.25, 0.3) is 0 Å². The Hall–Kier alpha value is -1.67. The van der Waals surface area contributed by atoms with Crippen LogP contribution in [0.15, 0.2) is 22.7 Å². The average Bonchev–Trinajstić information content (AvgIpc) is 2.40. The zero-order chi connectivity index (χ0) is 15.1. The standard InChI is InChI=1S/C12H15BrN2O5/c1-2-19-12(16)10(14)5-6-20-11-7-8(15(17)18)3-4-9(11)13/h3-4,7,10H,2,5-6,14H2,1H3. The van der Waals surface area contributed by atoms with Crippen molar-refractivity contribution < 1.29 is 19.2 Å². The van der Waals surface area contributed by atoms with Gasteiger partial charge in [-0.2, -0.15) is 0 Å². The molecular formula is C12H15BrN2O5. The van der Waals surface area contributed by atoms with Crippen molar-refractivity contribution in [2.45, 2.75) is 19.4 Å². The summed E-state index contributed by atoms with van der Waals surface area (Å²) in [5.41, 5.74) is 5.54. The molecule has 0 bridgehead atoms. The molecule has 1 aromatic rings. The number of esters is 1. The summed E-state index contributed by atoms with van der Waals surface area (Å²) in [7, 11) is 0. The number of hydrogen-bond acceptors (Lipinski definition) is 6. The summed E-state index contributed by atoms with van der Waals surface area (Å²) in [6, 6.07) is 3.42.